The number of hydrogen-bond donors (Lipinski definition) is 8. The van der Waals surface area contributed by atoms with Gasteiger partial charge in [-0.15, -0.1) is 0 Å². The molecule has 0 aliphatic carbocycles. The highest BCUT2D eigenvalue weighted by Gasteiger charge is 2.56. The summed E-state index contributed by atoms with van der Waals surface area (Å²) in [5.74, 6) is 0. The van der Waals surface area contributed by atoms with Crippen molar-refractivity contribution in [1.82, 2.24) is 14.6 Å². The average molecular weight is 525 g/mol. The van der Waals surface area contributed by atoms with E-state index in [-0.39, 0.29) is 6.42 Å². The number of aliphatic hydroxyl groups is 6. The number of hydrogen-bond acceptors (Lipinski definition) is 13. The lowest BCUT2D eigenvalue weighted by Gasteiger charge is -2.28. The van der Waals surface area contributed by atoms with Crippen LogP contribution in [0.5, 0.6) is 0 Å². The van der Waals surface area contributed by atoms with Crippen molar-refractivity contribution in [1.29, 1.82) is 0 Å². The molecule has 3 fully saturated rings. The maximum Gasteiger partial charge on any atom is 0.330 e. The van der Waals surface area contributed by atoms with Crippen LogP contribution in [-0.4, -0.2) is 124 Å². The van der Waals surface area contributed by atoms with Gasteiger partial charge in [0, 0.05) is 12.3 Å². The molecule has 3 saturated heterocycles. The Kier molecular flexibility index (Phi) is 7.64. The molecule has 1 unspecified atom stereocenters. The van der Waals surface area contributed by atoms with Crippen LogP contribution in [0.2, 0.25) is 0 Å². The Bertz CT molecular complexity index is 1070. The number of fused-ring (bicyclic) bond motifs is 1. The summed E-state index contributed by atoms with van der Waals surface area (Å²) in [6, 6.07) is -0.906. The topological polar surface area (TPSA) is 244 Å². The summed E-state index contributed by atoms with van der Waals surface area (Å²) in [6.45, 7) is -1.33. The maximum atomic E-state index is 12.6. The Morgan fingerprint density at radius 3 is 2.54 bits per heavy atom. The fourth-order valence-corrected chi connectivity index (χ4v) is 5.88. The van der Waals surface area contributed by atoms with Crippen molar-refractivity contribution in [3.63, 3.8) is 0 Å². The molecular weight excluding hydrogens is 497 g/mol. The first-order valence-electron chi connectivity index (χ1n) is 10.8. The summed E-state index contributed by atoms with van der Waals surface area (Å²) < 4.78 is 24.0. The van der Waals surface area contributed by atoms with E-state index in [1.54, 1.807) is 0 Å². The van der Waals surface area contributed by atoms with Crippen molar-refractivity contribution in [3.8, 4) is 0 Å². The minimum atomic E-state index is -4.37. The summed E-state index contributed by atoms with van der Waals surface area (Å²) in [6.07, 6.45) is -10.4. The molecule has 4 rings (SSSR count). The molecule has 0 saturated carbocycles. The van der Waals surface area contributed by atoms with Crippen LogP contribution in [0.1, 0.15) is 12.6 Å². The second kappa shape index (κ2) is 10.1. The van der Waals surface area contributed by atoms with E-state index in [1.807, 2.05) is 4.98 Å². The second-order valence-corrected chi connectivity index (χ2v) is 10.7. The fraction of sp³-hybridized carbons (Fsp3) is 0.778. The van der Waals surface area contributed by atoms with Crippen LogP contribution in [0.3, 0.4) is 0 Å². The fourth-order valence-electron chi connectivity index (χ4n) is 4.67. The van der Waals surface area contributed by atoms with Crippen molar-refractivity contribution in [2.24, 2.45) is 0 Å². The third-order valence-corrected chi connectivity index (χ3v) is 7.83. The molecule has 1 aromatic heterocycles. The Hall–Kier alpha value is -1.53. The van der Waals surface area contributed by atoms with Crippen LogP contribution < -0.4 is 11.2 Å². The summed E-state index contributed by atoms with van der Waals surface area (Å²) >= 11 is 0. The van der Waals surface area contributed by atoms with Gasteiger partial charge in [0.25, 0.3) is 5.56 Å². The predicted octanol–water partition coefficient (Wildman–Crippen LogP) is -4.81. The molecule has 35 heavy (non-hydrogen) atoms. The molecule has 11 atom stereocenters. The summed E-state index contributed by atoms with van der Waals surface area (Å²) in [7, 11) is -4.37. The molecule has 16 nitrogen and oxygen atoms in total. The Labute approximate surface area is 197 Å². The highest BCUT2D eigenvalue weighted by Crippen LogP contribution is 2.47. The molecule has 0 amide bonds. The van der Waals surface area contributed by atoms with Gasteiger partial charge in [-0.2, -0.15) is 5.06 Å². The quantitative estimate of drug-likeness (QED) is 0.149. The molecule has 0 bridgehead atoms. The molecule has 4 heterocycles. The number of hydroxylamine groups is 2. The average Bonchev–Trinajstić information content (AvgIpc) is 3.39. The predicted molar refractivity (Wildman–Crippen MR) is 112 cm³/mol. The first kappa shape index (κ1) is 26.5. The van der Waals surface area contributed by atoms with E-state index in [9.17, 15) is 49.7 Å². The lowest BCUT2D eigenvalue weighted by Crippen LogP contribution is -2.47. The van der Waals surface area contributed by atoms with E-state index >= 15 is 0 Å². The molecule has 3 aliphatic heterocycles. The number of aliphatic hydroxyl groups excluding tert-OH is 6. The monoisotopic (exact) mass is 525 g/mol. The summed E-state index contributed by atoms with van der Waals surface area (Å²) in [5, 5.41) is 61.0. The van der Waals surface area contributed by atoms with E-state index in [0.29, 0.717) is 0 Å². The minimum absolute atomic E-state index is 0.0270. The third kappa shape index (κ3) is 5.16. The number of H-pyrrole nitrogens is 1. The zero-order valence-corrected chi connectivity index (χ0v) is 19.1. The normalized spacial score (nSPS) is 40.0. The van der Waals surface area contributed by atoms with Gasteiger partial charge in [0.1, 0.15) is 24.4 Å². The van der Waals surface area contributed by atoms with Gasteiger partial charge in [-0.3, -0.25) is 23.7 Å². The van der Waals surface area contributed by atoms with Crippen molar-refractivity contribution in [3.05, 3.63) is 33.1 Å². The standard InChI is InChI=1S/C18H28N3O13P/c22-4-9(23)12-15(27)13(25)8-3-7(34-21(8)12)6-35(30,31)32-5-10-14(26)16(28)17(33-10)20-2-1-11(24)19-18(20)29/h1-2,7-10,12-17,22-23,25-28H,3-6H2,(H,30,31)(H,19,24,29)/t7-,8-,9+,10+,12-,13-,14+,15-,16+,17+/m0/s1. The van der Waals surface area contributed by atoms with Crippen LogP contribution in [0.15, 0.2) is 21.9 Å². The van der Waals surface area contributed by atoms with Gasteiger partial charge in [-0.1, -0.05) is 0 Å². The van der Waals surface area contributed by atoms with Gasteiger partial charge in [-0.05, 0) is 6.42 Å². The second-order valence-electron chi connectivity index (χ2n) is 8.79. The van der Waals surface area contributed by atoms with E-state index in [2.05, 4.69) is 0 Å². The molecule has 3 aliphatic rings. The highest BCUT2D eigenvalue weighted by molar-refractivity contribution is 7.52. The molecule has 0 spiro atoms. The Balaban J connectivity index is 1.35. The highest BCUT2D eigenvalue weighted by atomic mass is 31.2. The van der Waals surface area contributed by atoms with Crippen LogP contribution in [-0.2, 0) is 18.7 Å². The summed E-state index contributed by atoms with van der Waals surface area (Å²) in [4.78, 5) is 41.0. The number of aromatic nitrogens is 2. The van der Waals surface area contributed by atoms with Crippen LogP contribution in [0, 0.1) is 0 Å². The Morgan fingerprint density at radius 1 is 1.17 bits per heavy atom. The van der Waals surface area contributed by atoms with E-state index in [4.69, 9.17) is 14.1 Å². The number of aromatic amines is 1. The molecular formula is C18H28N3O13P. The largest absolute Gasteiger partial charge is 0.394 e. The van der Waals surface area contributed by atoms with Crippen molar-refractivity contribution in [2.75, 3.05) is 19.4 Å². The molecule has 17 heteroatoms. The van der Waals surface area contributed by atoms with Crippen LogP contribution >= 0.6 is 7.60 Å². The lowest BCUT2D eigenvalue weighted by molar-refractivity contribution is -0.200. The zero-order valence-electron chi connectivity index (χ0n) is 18.2. The van der Waals surface area contributed by atoms with E-state index in [0.717, 1.165) is 21.9 Å². The molecule has 8 N–H and O–H groups in total. The van der Waals surface area contributed by atoms with Gasteiger partial charge in [0.05, 0.1) is 49.8 Å². The first-order chi connectivity index (χ1) is 16.4. The van der Waals surface area contributed by atoms with Crippen molar-refractivity contribution in [2.45, 2.75) is 67.5 Å². The Morgan fingerprint density at radius 2 is 1.89 bits per heavy atom. The summed E-state index contributed by atoms with van der Waals surface area (Å²) in [5.41, 5.74) is -1.56. The SMILES string of the molecule is O=c1ccn([C@@H]2O[C@H](COP(=O)(O)C[C@@H]3C[C@H]4[C@H](O)[C@@H](O)[C@H]([C@H](O)CO)N4O3)[C@@H](O)[C@H]2O)c(=O)[nH]1. The number of rotatable bonds is 8. The molecule has 0 aromatic carbocycles. The van der Waals surface area contributed by atoms with Gasteiger partial charge in [0.2, 0.25) is 0 Å². The smallest absolute Gasteiger partial charge is 0.330 e. The third-order valence-electron chi connectivity index (χ3n) is 6.41. The van der Waals surface area contributed by atoms with Crippen LogP contribution in [0.25, 0.3) is 0 Å². The molecule has 0 radical (unpaired) electrons. The van der Waals surface area contributed by atoms with Gasteiger partial charge < -0.3 is 44.8 Å². The molecule has 198 valence electrons. The van der Waals surface area contributed by atoms with Crippen LogP contribution in [0.4, 0.5) is 0 Å². The van der Waals surface area contributed by atoms with E-state index in [1.165, 1.54) is 0 Å². The van der Waals surface area contributed by atoms with E-state index < -0.39 is 99.3 Å². The number of nitrogens with zero attached hydrogens (tertiary/aromatic N) is 2. The minimum Gasteiger partial charge on any atom is -0.394 e. The van der Waals surface area contributed by atoms with Gasteiger partial charge >= 0.3 is 13.3 Å². The zero-order chi connectivity index (χ0) is 25.7. The van der Waals surface area contributed by atoms with Crippen molar-refractivity contribution >= 4 is 7.60 Å². The maximum absolute atomic E-state index is 12.6. The lowest BCUT2D eigenvalue weighted by atomic mass is 10.0. The number of ether oxygens (including phenoxy) is 1. The van der Waals surface area contributed by atoms with Gasteiger partial charge in [-0.25, -0.2) is 4.79 Å². The van der Waals surface area contributed by atoms with Crippen molar-refractivity contribution < 1.29 is 54.2 Å². The van der Waals surface area contributed by atoms with Gasteiger partial charge in [0.15, 0.2) is 6.23 Å². The first-order valence-corrected chi connectivity index (χ1v) is 12.6. The number of nitrogens with one attached hydrogen (secondary N) is 1. The molecule has 1 aromatic rings.